The lowest BCUT2D eigenvalue weighted by Gasteiger charge is -2.45. The number of hydrogen-bond acceptors (Lipinski definition) is 9. The van der Waals surface area contributed by atoms with E-state index in [1.807, 2.05) is 18.2 Å². The Labute approximate surface area is 272 Å². The largest absolute Gasteiger partial charge is 0.524 e. The van der Waals surface area contributed by atoms with E-state index in [1.165, 1.54) is 52.6 Å². The van der Waals surface area contributed by atoms with Gasteiger partial charge in [0, 0.05) is 26.6 Å². The van der Waals surface area contributed by atoms with Crippen LogP contribution >= 0.6 is 19.2 Å². The Hall–Kier alpha value is -4.60. The molecule has 2 aliphatic rings. The van der Waals surface area contributed by atoms with E-state index in [2.05, 4.69) is 14.8 Å². The van der Waals surface area contributed by atoms with Crippen molar-refractivity contribution < 1.29 is 37.6 Å². The van der Waals surface area contributed by atoms with Gasteiger partial charge in [-0.1, -0.05) is 47.7 Å². The van der Waals surface area contributed by atoms with Crippen LogP contribution < -0.4 is 15.6 Å². The van der Waals surface area contributed by atoms with Crippen LogP contribution in [-0.2, 0) is 33.7 Å². The molecule has 2 aliphatic heterocycles. The first kappa shape index (κ1) is 32.3. The maximum absolute atomic E-state index is 14.1. The van der Waals surface area contributed by atoms with Crippen LogP contribution in [0.4, 0.5) is 14.3 Å². The number of fused-ring (bicyclic) bond motifs is 2. The van der Waals surface area contributed by atoms with Crippen molar-refractivity contribution in [1.82, 2.24) is 30.1 Å². The summed E-state index contributed by atoms with van der Waals surface area (Å²) in [6, 6.07) is 15.8. The zero-order chi connectivity index (χ0) is 33.5. The number of carbonyl (C=O) groups is 3. The van der Waals surface area contributed by atoms with Crippen molar-refractivity contribution in [1.29, 1.82) is 0 Å². The number of carbonyl (C=O) groups excluding carboxylic acids is 3. The fraction of sp³-hybridized carbons (Fsp3) is 0.267. The molecular formula is C30H31FN7O7PS. The Kier molecular flexibility index (Phi) is 8.87. The third kappa shape index (κ3) is 7.06. The highest BCUT2D eigenvalue weighted by Crippen LogP contribution is 2.38. The number of nitrogens with two attached hydrogens (primary N) is 1. The highest BCUT2D eigenvalue weighted by atomic mass is 32.1. The zero-order valence-corrected chi connectivity index (χ0v) is 26.7. The highest BCUT2D eigenvalue weighted by Gasteiger charge is 2.51. The molecule has 4 aromatic rings. The number of nitrogen functional groups attached to an aromatic ring is 1. The average Bonchev–Trinajstić information content (AvgIpc) is 3.57. The van der Waals surface area contributed by atoms with Gasteiger partial charge in [0.15, 0.2) is 5.13 Å². The molecular weight excluding hydrogens is 652 g/mol. The summed E-state index contributed by atoms with van der Waals surface area (Å²) >= 11 is 1.34. The van der Waals surface area contributed by atoms with Gasteiger partial charge in [0.05, 0.1) is 23.3 Å². The normalized spacial score (nSPS) is 18.5. The number of urea groups is 1. The molecule has 2 saturated heterocycles. The number of phosphoric acid groups is 1. The molecule has 14 nitrogen and oxygen atoms in total. The molecule has 0 bridgehead atoms. The lowest BCUT2D eigenvalue weighted by molar-refractivity contribution is -0.157. The number of nitrogens with one attached hydrogen (secondary N) is 1. The Morgan fingerprint density at radius 2 is 1.83 bits per heavy atom. The van der Waals surface area contributed by atoms with Gasteiger partial charge >= 0.3 is 13.9 Å². The van der Waals surface area contributed by atoms with Crippen LogP contribution in [0.2, 0.25) is 0 Å². The molecule has 3 aromatic carbocycles. The van der Waals surface area contributed by atoms with Crippen molar-refractivity contribution >= 4 is 52.4 Å². The molecule has 0 spiro atoms. The van der Waals surface area contributed by atoms with E-state index < -0.39 is 31.9 Å². The number of thiazole rings is 1. The predicted octanol–water partition coefficient (Wildman–Crippen LogP) is 2.67. The van der Waals surface area contributed by atoms with Gasteiger partial charge in [0.25, 0.3) is 0 Å². The summed E-state index contributed by atoms with van der Waals surface area (Å²) < 4.78 is 30.1. The summed E-state index contributed by atoms with van der Waals surface area (Å²) in [6.07, 6.45) is -0.598. The van der Waals surface area contributed by atoms with Crippen LogP contribution in [0.5, 0.6) is 5.75 Å². The van der Waals surface area contributed by atoms with E-state index >= 15 is 0 Å². The Bertz CT molecular complexity index is 1870. The number of anilines is 1. The van der Waals surface area contributed by atoms with Gasteiger partial charge < -0.3 is 25.4 Å². The van der Waals surface area contributed by atoms with Gasteiger partial charge in [-0.2, -0.15) is 5.01 Å². The number of para-hydroxylation sites is 1. The van der Waals surface area contributed by atoms with Gasteiger partial charge in [-0.25, -0.2) is 18.7 Å². The van der Waals surface area contributed by atoms with E-state index in [9.17, 15) is 23.3 Å². The number of amides is 4. The fourth-order valence-electron chi connectivity index (χ4n) is 5.86. The van der Waals surface area contributed by atoms with Crippen molar-refractivity contribution in [3.63, 3.8) is 0 Å². The Balaban J connectivity index is 1.27. The molecule has 47 heavy (non-hydrogen) atoms. The first-order valence-electron chi connectivity index (χ1n) is 14.5. The summed E-state index contributed by atoms with van der Waals surface area (Å²) in [4.78, 5) is 66.8. The number of nitrogens with zero attached hydrogens (tertiary/aromatic N) is 5. The first-order chi connectivity index (χ1) is 22.4. The van der Waals surface area contributed by atoms with Gasteiger partial charge in [-0.05, 0) is 47.0 Å². The van der Waals surface area contributed by atoms with E-state index in [0.717, 1.165) is 10.3 Å². The monoisotopic (exact) mass is 683 g/mol. The molecule has 0 saturated carbocycles. The van der Waals surface area contributed by atoms with E-state index in [1.54, 1.807) is 34.2 Å². The number of aromatic nitrogens is 1. The van der Waals surface area contributed by atoms with Gasteiger partial charge in [0.1, 0.15) is 23.8 Å². The maximum atomic E-state index is 14.1. The Morgan fingerprint density at radius 3 is 2.53 bits per heavy atom. The minimum Gasteiger partial charge on any atom is -0.404 e. The second-order valence-corrected chi connectivity index (χ2v) is 13.4. The molecule has 5 N–H and O–H groups in total. The average molecular weight is 684 g/mol. The standard InChI is InChI=1S/C30H31FN7O7PS/c1-35(30(41)33-14-19-5-9-21(31)10-6-19)37-17-26(39)38-23(13-18-7-11-22(12-8-18)45-46(42,43)44)28(40)36(16-25(37)38)15-20-3-2-4-24-27(20)34-29(32)47-24/h2-12,23,25H,13-17H2,1H3,(H2,32,34)(H,33,41)(H2,42,43,44)/t23-,25+/m1/s1. The number of benzene rings is 3. The van der Waals surface area contributed by atoms with Crippen molar-refractivity contribution in [2.75, 3.05) is 25.9 Å². The van der Waals surface area contributed by atoms with Crippen LogP contribution in [0.1, 0.15) is 16.7 Å². The number of piperazine rings is 1. The minimum atomic E-state index is -4.76. The first-order valence-corrected chi connectivity index (χ1v) is 16.8. The summed E-state index contributed by atoms with van der Waals surface area (Å²) in [5.74, 6) is -1.10. The summed E-state index contributed by atoms with van der Waals surface area (Å²) in [5.41, 5.74) is 8.73. The third-order valence-electron chi connectivity index (χ3n) is 8.06. The lowest BCUT2D eigenvalue weighted by atomic mass is 9.99. The number of hydrogen-bond donors (Lipinski definition) is 4. The van der Waals surface area contributed by atoms with Gasteiger partial charge in [-0.15, -0.1) is 0 Å². The van der Waals surface area contributed by atoms with Crippen molar-refractivity contribution in [3.05, 3.63) is 89.2 Å². The van der Waals surface area contributed by atoms with E-state index in [4.69, 9.17) is 15.5 Å². The van der Waals surface area contributed by atoms with Crippen LogP contribution in [0, 0.1) is 5.82 Å². The third-order valence-corrected chi connectivity index (χ3v) is 9.36. The molecule has 2 fully saturated rings. The highest BCUT2D eigenvalue weighted by molar-refractivity contribution is 7.46. The molecule has 0 unspecified atom stereocenters. The van der Waals surface area contributed by atoms with Crippen LogP contribution in [0.15, 0.2) is 66.7 Å². The lowest BCUT2D eigenvalue weighted by Crippen LogP contribution is -2.65. The van der Waals surface area contributed by atoms with E-state index in [0.29, 0.717) is 21.8 Å². The molecule has 1 aromatic heterocycles. The topological polar surface area (TPSA) is 182 Å². The smallest absolute Gasteiger partial charge is 0.404 e. The molecule has 17 heteroatoms. The fourth-order valence-corrected chi connectivity index (χ4v) is 7.04. The minimum absolute atomic E-state index is 0.0520. The van der Waals surface area contributed by atoms with E-state index in [-0.39, 0.29) is 50.2 Å². The summed E-state index contributed by atoms with van der Waals surface area (Å²) in [5, 5.41) is 6.10. The molecule has 0 radical (unpaired) electrons. The molecule has 6 rings (SSSR count). The van der Waals surface area contributed by atoms with Crippen LogP contribution in [0.25, 0.3) is 10.2 Å². The number of hydrazine groups is 1. The summed E-state index contributed by atoms with van der Waals surface area (Å²) in [7, 11) is -3.23. The van der Waals surface area contributed by atoms with Crippen LogP contribution in [-0.4, -0.2) is 84.8 Å². The van der Waals surface area contributed by atoms with Gasteiger partial charge in [-0.3, -0.25) is 24.4 Å². The van der Waals surface area contributed by atoms with Crippen LogP contribution in [0.3, 0.4) is 0 Å². The van der Waals surface area contributed by atoms with Gasteiger partial charge in [0.2, 0.25) is 11.8 Å². The predicted molar refractivity (Wildman–Crippen MR) is 170 cm³/mol. The Morgan fingerprint density at radius 1 is 1.13 bits per heavy atom. The number of halogens is 1. The SMILES string of the molecule is CN(C(=O)NCc1ccc(F)cc1)N1CC(=O)N2[C@H](Cc3ccc(OP(=O)(O)O)cc3)C(=O)N(Cc3cccc4sc(N)nc34)C[C@H]21. The quantitative estimate of drug-likeness (QED) is 0.192. The zero-order valence-electron chi connectivity index (χ0n) is 25.0. The molecule has 246 valence electrons. The number of phosphoric ester groups is 1. The molecule has 3 heterocycles. The second-order valence-electron chi connectivity index (χ2n) is 11.2. The maximum Gasteiger partial charge on any atom is 0.524 e. The summed E-state index contributed by atoms with van der Waals surface area (Å²) in [6.45, 7) is 0.255. The van der Waals surface area contributed by atoms with Crippen molar-refractivity contribution in [2.24, 2.45) is 0 Å². The molecule has 0 aliphatic carbocycles. The second kappa shape index (κ2) is 12.9. The number of rotatable bonds is 9. The van der Waals surface area contributed by atoms with Crippen molar-refractivity contribution in [2.45, 2.75) is 31.7 Å². The molecule has 4 amide bonds. The van der Waals surface area contributed by atoms with Crippen molar-refractivity contribution in [3.8, 4) is 5.75 Å². The molecule has 2 atom stereocenters.